The molecule has 2 fully saturated rings. The summed E-state index contributed by atoms with van der Waals surface area (Å²) in [4.78, 5) is 47.1. The van der Waals surface area contributed by atoms with Crippen LogP contribution in [0.4, 0.5) is 5.95 Å². The SMILES string of the molecule is Cc1cnc(C(=O)N2CCC(C3CCCCN3C(=O)CCNc3nc(C)cc(C)n3)CC2)cn1. The molecule has 4 rings (SSSR count). The summed E-state index contributed by atoms with van der Waals surface area (Å²) in [5.41, 5.74) is 3.03. The van der Waals surface area contributed by atoms with Crippen molar-refractivity contribution in [3.05, 3.63) is 41.2 Å². The van der Waals surface area contributed by atoms with Crippen molar-refractivity contribution in [1.29, 1.82) is 0 Å². The summed E-state index contributed by atoms with van der Waals surface area (Å²) in [5, 5.41) is 3.20. The van der Waals surface area contributed by atoms with Gasteiger partial charge < -0.3 is 15.1 Å². The van der Waals surface area contributed by atoms with E-state index in [1.165, 1.54) is 0 Å². The van der Waals surface area contributed by atoms with E-state index in [0.29, 0.717) is 43.6 Å². The first-order valence-electron chi connectivity index (χ1n) is 12.3. The lowest BCUT2D eigenvalue weighted by atomic mass is 9.83. The van der Waals surface area contributed by atoms with E-state index in [4.69, 9.17) is 0 Å². The monoisotopic (exact) mass is 465 g/mol. The van der Waals surface area contributed by atoms with Crippen LogP contribution in [0.1, 0.15) is 66.1 Å². The van der Waals surface area contributed by atoms with E-state index >= 15 is 0 Å². The summed E-state index contributed by atoms with van der Waals surface area (Å²) in [6, 6.07) is 2.19. The number of amides is 2. The molecule has 2 aromatic heterocycles. The molecule has 9 heteroatoms. The average molecular weight is 466 g/mol. The Morgan fingerprint density at radius 2 is 1.68 bits per heavy atom. The molecule has 2 aliphatic heterocycles. The molecule has 0 spiro atoms. The maximum Gasteiger partial charge on any atom is 0.274 e. The zero-order valence-corrected chi connectivity index (χ0v) is 20.5. The lowest BCUT2D eigenvalue weighted by Crippen LogP contribution is -2.51. The van der Waals surface area contributed by atoms with Crippen LogP contribution in [-0.2, 0) is 4.79 Å². The lowest BCUT2D eigenvalue weighted by molar-refractivity contribution is -0.136. The van der Waals surface area contributed by atoms with E-state index in [0.717, 1.165) is 55.7 Å². The van der Waals surface area contributed by atoms with Crippen LogP contribution in [0.25, 0.3) is 0 Å². The smallest absolute Gasteiger partial charge is 0.274 e. The van der Waals surface area contributed by atoms with Crippen molar-refractivity contribution in [3.63, 3.8) is 0 Å². The van der Waals surface area contributed by atoms with E-state index in [-0.39, 0.29) is 17.9 Å². The maximum atomic E-state index is 13.1. The quantitative estimate of drug-likeness (QED) is 0.699. The molecule has 0 bridgehead atoms. The van der Waals surface area contributed by atoms with E-state index in [9.17, 15) is 9.59 Å². The number of aryl methyl sites for hydroxylation is 3. The normalized spacial score (nSPS) is 19.2. The molecule has 0 aliphatic carbocycles. The summed E-state index contributed by atoms with van der Waals surface area (Å²) in [6.07, 6.45) is 8.69. The van der Waals surface area contributed by atoms with Gasteiger partial charge in [0.1, 0.15) is 5.69 Å². The molecule has 2 aliphatic rings. The number of hydrogen-bond acceptors (Lipinski definition) is 7. The number of likely N-dealkylation sites (tertiary alicyclic amines) is 2. The molecule has 4 heterocycles. The van der Waals surface area contributed by atoms with Crippen LogP contribution in [0.5, 0.6) is 0 Å². The molecule has 9 nitrogen and oxygen atoms in total. The number of carbonyl (C=O) groups is 2. The summed E-state index contributed by atoms with van der Waals surface area (Å²) in [5.74, 6) is 1.14. The summed E-state index contributed by atoms with van der Waals surface area (Å²) < 4.78 is 0. The molecule has 1 atom stereocenters. The maximum absolute atomic E-state index is 13.1. The third kappa shape index (κ3) is 5.87. The van der Waals surface area contributed by atoms with Crippen molar-refractivity contribution < 1.29 is 9.59 Å². The second kappa shape index (κ2) is 10.9. The van der Waals surface area contributed by atoms with Crippen molar-refractivity contribution in [2.75, 3.05) is 31.5 Å². The molecule has 2 aromatic rings. The van der Waals surface area contributed by atoms with Crippen LogP contribution in [0.15, 0.2) is 18.5 Å². The number of anilines is 1. The lowest BCUT2D eigenvalue weighted by Gasteiger charge is -2.43. The van der Waals surface area contributed by atoms with Crippen molar-refractivity contribution >= 4 is 17.8 Å². The summed E-state index contributed by atoms with van der Waals surface area (Å²) in [7, 11) is 0. The summed E-state index contributed by atoms with van der Waals surface area (Å²) >= 11 is 0. The van der Waals surface area contributed by atoms with Gasteiger partial charge in [0.05, 0.1) is 11.9 Å². The average Bonchev–Trinajstić information content (AvgIpc) is 2.83. The molecule has 2 amide bonds. The number of rotatable bonds is 6. The Morgan fingerprint density at radius 1 is 0.941 bits per heavy atom. The Morgan fingerprint density at radius 3 is 2.35 bits per heavy atom. The highest BCUT2D eigenvalue weighted by Crippen LogP contribution is 2.31. The molecule has 182 valence electrons. The molecular weight excluding hydrogens is 430 g/mol. The van der Waals surface area contributed by atoms with E-state index in [2.05, 4.69) is 30.2 Å². The van der Waals surface area contributed by atoms with Gasteiger partial charge in [0.15, 0.2) is 0 Å². The fourth-order valence-electron chi connectivity index (χ4n) is 5.14. The minimum absolute atomic E-state index is 0.0535. The predicted molar refractivity (Wildman–Crippen MR) is 129 cm³/mol. The van der Waals surface area contributed by atoms with Gasteiger partial charge in [0, 0.05) is 56.2 Å². The van der Waals surface area contributed by atoms with Gasteiger partial charge in [-0.25, -0.2) is 15.0 Å². The standard InChI is InChI=1S/C25H35N7O2/c1-17-14-18(2)30-25(29-17)26-10-7-23(33)32-11-5-4-6-22(32)20-8-12-31(13-9-20)24(34)21-16-27-19(3)15-28-21/h14-16,20,22H,4-13H2,1-3H3,(H,26,29,30). The molecule has 34 heavy (non-hydrogen) atoms. The van der Waals surface area contributed by atoms with Crippen LogP contribution in [-0.4, -0.2) is 73.8 Å². The number of nitrogens with zero attached hydrogens (tertiary/aromatic N) is 6. The highest BCUT2D eigenvalue weighted by molar-refractivity contribution is 5.92. The van der Waals surface area contributed by atoms with Gasteiger partial charge in [-0.2, -0.15) is 0 Å². The Kier molecular flexibility index (Phi) is 7.70. The van der Waals surface area contributed by atoms with Crippen LogP contribution >= 0.6 is 0 Å². The first-order valence-corrected chi connectivity index (χ1v) is 12.3. The predicted octanol–water partition coefficient (Wildman–Crippen LogP) is 2.93. The molecule has 0 saturated carbocycles. The van der Waals surface area contributed by atoms with E-state index < -0.39 is 0 Å². The zero-order valence-electron chi connectivity index (χ0n) is 20.5. The Bertz CT molecular complexity index is 983. The minimum atomic E-state index is -0.0535. The van der Waals surface area contributed by atoms with Gasteiger partial charge >= 0.3 is 0 Å². The molecular formula is C25H35N7O2. The molecule has 2 saturated heterocycles. The largest absolute Gasteiger partial charge is 0.354 e. The van der Waals surface area contributed by atoms with Crippen molar-refractivity contribution in [1.82, 2.24) is 29.7 Å². The fourth-order valence-corrected chi connectivity index (χ4v) is 5.14. The van der Waals surface area contributed by atoms with Gasteiger partial charge in [0.25, 0.3) is 5.91 Å². The Balaban J connectivity index is 1.30. The first-order chi connectivity index (χ1) is 16.4. The molecule has 0 radical (unpaired) electrons. The van der Waals surface area contributed by atoms with Crippen LogP contribution < -0.4 is 5.32 Å². The topological polar surface area (TPSA) is 104 Å². The Labute approximate surface area is 201 Å². The van der Waals surface area contributed by atoms with Gasteiger partial charge in [-0.3, -0.25) is 14.6 Å². The second-order valence-corrected chi connectivity index (χ2v) is 9.47. The van der Waals surface area contributed by atoms with Crippen LogP contribution in [0.3, 0.4) is 0 Å². The van der Waals surface area contributed by atoms with Crippen molar-refractivity contribution in [2.45, 2.75) is 65.3 Å². The van der Waals surface area contributed by atoms with Crippen molar-refractivity contribution in [2.24, 2.45) is 5.92 Å². The van der Waals surface area contributed by atoms with E-state index in [1.54, 1.807) is 12.4 Å². The van der Waals surface area contributed by atoms with Crippen molar-refractivity contribution in [3.8, 4) is 0 Å². The highest BCUT2D eigenvalue weighted by atomic mass is 16.2. The third-order valence-corrected chi connectivity index (χ3v) is 6.84. The second-order valence-electron chi connectivity index (χ2n) is 9.47. The number of aromatic nitrogens is 4. The highest BCUT2D eigenvalue weighted by Gasteiger charge is 2.35. The number of piperidine rings is 2. The summed E-state index contributed by atoms with van der Waals surface area (Å²) in [6.45, 7) is 8.48. The minimum Gasteiger partial charge on any atom is -0.354 e. The molecule has 0 aromatic carbocycles. The number of nitrogens with one attached hydrogen (secondary N) is 1. The Hall–Kier alpha value is -3.10. The number of carbonyl (C=O) groups excluding carboxylic acids is 2. The fraction of sp³-hybridized carbons (Fsp3) is 0.600. The van der Waals surface area contributed by atoms with Gasteiger partial charge in [-0.15, -0.1) is 0 Å². The van der Waals surface area contributed by atoms with Gasteiger partial charge in [-0.1, -0.05) is 0 Å². The first kappa shape index (κ1) is 24.0. The van der Waals surface area contributed by atoms with Crippen LogP contribution in [0.2, 0.25) is 0 Å². The van der Waals surface area contributed by atoms with E-state index in [1.807, 2.05) is 31.7 Å². The zero-order chi connectivity index (χ0) is 24.1. The number of hydrogen-bond donors (Lipinski definition) is 1. The molecule has 1 N–H and O–H groups in total. The van der Waals surface area contributed by atoms with Gasteiger partial charge in [-0.05, 0) is 64.9 Å². The van der Waals surface area contributed by atoms with Crippen LogP contribution in [0, 0.1) is 26.7 Å². The third-order valence-electron chi connectivity index (χ3n) is 6.84. The van der Waals surface area contributed by atoms with Gasteiger partial charge in [0.2, 0.25) is 11.9 Å². The molecule has 1 unspecified atom stereocenters.